The molecular weight excluding hydrogens is 436 g/mol. The summed E-state index contributed by atoms with van der Waals surface area (Å²) in [5, 5.41) is 2.84. The smallest absolute Gasteiger partial charge is 0.232 e. The summed E-state index contributed by atoms with van der Waals surface area (Å²) in [4.78, 5) is 12.2. The Kier molecular flexibility index (Phi) is 9.35. The van der Waals surface area contributed by atoms with E-state index in [-0.39, 0.29) is 30.2 Å². The SMILES string of the molecule is CC(C)c1ccccc1N(CCCC(=O)NCCOc1ccc(C(C)(C)C)cc1)S(C)(=O)=O. The molecule has 1 N–H and O–H groups in total. The van der Waals surface area contributed by atoms with Crippen LogP contribution in [-0.4, -0.2) is 40.3 Å². The summed E-state index contributed by atoms with van der Waals surface area (Å²) >= 11 is 0. The van der Waals surface area contributed by atoms with Crippen molar-refractivity contribution >= 4 is 21.6 Å². The normalized spacial score (nSPS) is 12.0. The molecular formula is C26H38N2O4S. The zero-order valence-corrected chi connectivity index (χ0v) is 21.5. The van der Waals surface area contributed by atoms with Gasteiger partial charge in [0.25, 0.3) is 0 Å². The Morgan fingerprint density at radius 1 is 1.06 bits per heavy atom. The molecule has 0 aromatic heterocycles. The molecule has 0 atom stereocenters. The highest BCUT2D eigenvalue weighted by Crippen LogP contribution is 2.29. The third-order valence-corrected chi connectivity index (χ3v) is 6.59. The fourth-order valence-corrected chi connectivity index (χ4v) is 4.53. The van der Waals surface area contributed by atoms with Crippen molar-refractivity contribution in [2.24, 2.45) is 0 Å². The minimum Gasteiger partial charge on any atom is -0.492 e. The highest BCUT2D eigenvalue weighted by atomic mass is 32.2. The lowest BCUT2D eigenvalue weighted by atomic mass is 9.87. The zero-order chi connectivity index (χ0) is 24.6. The van der Waals surface area contributed by atoms with Crippen molar-refractivity contribution in [3.63, 3.8) is 0 Å². The van der Waals surface area contributed by atoms with E-state index >= 15 is 0 Å². The molecule has 1 amide bonds. The number of carbonyl (C=O) groups excluding carboxylic acids is 1. The number of sulfonamides is 1. The monoisotopic (exact) mass is 474 g/mol. The highest BCUT2D eigenvalue weighted by molar-refractivity contribution is 7.92. The van der Waals surface area contributed by atoms with Crippen molar-refractivity contribution in [1.82, 2.24) is 5.32 Å². The minimum absolute atomic E-state index is 0.0933. The summed E-state index contributed by atoms with van der Waals surface area (Å²) in [6.07, 6.45) is 1.88. The molecule has 0 heterocycles. The lowest BCUT2D eigenvalue weighted by molar-refractivity contribution is -0.121. The van der Waals surface area contributed by atoms with Crippen LogP contribution in [0.25, 0.3) is 0 Å². The van der Waals surface area contributed by atoms with Crippen molar-refractivity contribution in [2.45, 2.75) is 58.8 Å². The van der Waals surface area contributed by atoms with Gasteiger partial charge in [-0.25, -0.2) is 8.42 Å². The molecule has 0 saturated heterocycles. The minimum atomic E-state index is -3.45. The summed E-state index contributed by atoms with van der Waals surface area (Å²) in [5.74, 6) is 0.843. The molecule has 0 radical (unpaired) electrons. The number of hydrogen-bond donors (Lipinski definition) is 1. The average molecular weight is 475 g/mol. The molecule has 0 saturated carbocycles. The maximum Gasteiger partial charge on any atom is 0.232 e. The van der Waals surface area contributed by atoms with Gasteiger partial charge in [0.15, 0.2) is 0 Å². The molecule has 0 bridgehead atoms. The van der Waals surface area contributed by atoms with E-state index in [9.17, 15) is 13.2 Å². The van der Waals surface area contributed by atoms with Gasteiger partial charge in [-0.15, -0.1) is 0 Å². The van der Waals surface area contributed by atoms with Gasteiger partial charge in [-0.05, 0) is 47.1 Å². The van der Waals surface area contributed by atoms with Crippen LogP contribution < -0.4 is 14.4 Å². The number of nitrogens with zero attached hydrogens (tertiary/aromatic N) is 1. The number of benzene rings is 2. The van der Waals surface area contributed by atoms with Crippen LogP contribution in [-0.2, 0) is 20.2 Å². The van der Waals surface area contributed by atoms with E-state index in [0.717, 1.165) is 11.3 Å². The Hall–Kier alpha value is -2.54. The number of rotatable bonds is 11. The van der Waals surface area contributed by atoms with Crippen LogP contribution in [0.4, 0.5) is 5.69 Å². The van der Waals surface area contributed by atoms with Crippen molar-refractivity contribution in [3.05, 3.63) is 59.7 Å². The molecule has 33 heavy (non-hydrogen) atoms. The van der Waals surface area contributed by atoms with E-state index in [1.165, 1.54) is 16.1 Å². The van der Waals surface area contributed by atoms with Gasteiger partial charge < -0.3 is 10.1 Å². The number of anilines is 1. The first-order chi connectivity index (χ1) is 15.4. The zero-order valence-electron chi connectivity index (χ0n) is 20.7. The molecule has 2 aromatic carbocycles. The second-order valence-corrected chi connectivity index (χ2v) is 11.5. The van der Waals surface area contributed by atoms with Gasteiger partial charge in [0.05, 0.1) is 18.5 Å². The molecule has 0 fully saturated rings. The molecule has 7 heteroatoms. The third kappa shape index (κ3) is 8.39. The first-order valence-electron chi connectivity index (χ1n) is 11.5. The Morgan fingerprint density at radius 2 is 1.70 bits per heavy atom. The van der Waals surface area contributed by atoms with E-state index < -0.39 is 10.0 Å². The largest absolute Gasteiger partial charge is 0.492 e. The Bertz CT molecular complexity index is 1010. The maximum atomic E-state index is 12.4. The van der Waals surface area contributed by atoms with Crippen molar-refractivity contribution in [2.75, 3.05) is 30.3 Å². The fourth-order valence-electron chi connectivity index (χ4n) is 3.55. The number of ether oxygens (including phenoxy) is 1. The van der Waals surface area contributed by atoms with E-state index in [1.54, 1.807) is 0 Å². The number of para-hydroxylation sites is 1. The van der Waals surface area contributed by atoms with Gasteiger partial charge >= 0.3 is 0 Å². The average Bonchev–Trinajstić information content (AvgIpc) is 2.73. The maximum absolute atomic E-state index is 12.4. The predicted octanol–water partition coefficient (Wildman–Crippen LogP) is 4.85. The highest BCUT2D eigenvalue weighted by Gasteiger charge is 2.21. The number of amides is 1. The van der Waals surface area contributed by atoms with Gasteiger partial charge in [0.2, 0.25) is 15.9 Å². The van der Waals surface area contributed by atoms with Crippen molar-refractivity contribution in [3.8, 4) is 5.75 Å². The van der Waals surface area contributed by atoms with Gasteiger partial charge in [-0.1, -0.05) is 65.0 Å². The van der Waals surface area contributed by atoms with Gasteiger partial charge in [-0.3, -0.25) is 9.10 Å². The molecule has 0 aliphatic carbocycles. The Balaban J connectivity index is 1.80. The van der Waals surface area contributed by atoms with Gasteiger partial charge in [-0.2, -0.15) is 0 Å². The third-order valence-electron chi connectivity index (χ3n) is 5.41. The van der Waals surface area contributed by atoms with Crippen LogP contribution in [0, 0.1) is 0 Å². The fraction of sp³-hybridized carbons (Fsp3) is 0.500. The Morgan fingerprint density at radius 3 is 2.27 bits per heavy atom. The lowest BCUT2D eigenvalue weighted by Crippen LogP contribution is -2.33. The first kappa shape index (κ1) is 26.7. The van der Waals surface area contributed by atoms with Crippen molar-refractivity contribution < 1.29 is 17.9 Å². The lowest BCUT2D eigenvalue weighted by Gasteiger charge is -2.26. The summed E-state index contributed by atoms with van der Waals surface area (Å²) in [6.45, 7) is 11.6. The number of hydrogen-bond acceptors (Lipinski definition) is 4. The Labute approximate surface area is 199 Å². The first-order valence-corrected chi connectivity index (χ1v) is 13.3. The van der Waals surface area contributed by atoms with E-state index in [1.807, 2.05) is 50.2 Å². The molecule has 2 aromatic rings. The number of nitrogens with one attached hydrogen (secondary N) is 1. The van der Waals surface area contributed by atoms with E-state index in [2.05, 4.69) is 38.2 Å². The van der Waals surface area contributed by atoms with E-state index in [0.29, 0.717) is 25.3 Å². The van der Waals surface area contributed by atoms with Crippen LogP contribution in [0.1, 0.15) is 64.5 Å². The van der Waals surface area contributed by atoms with Crippen LogP contribution >= 0.6 is 0 Å². The van der Waals surface area contributed by atoms with Crippen molar-refractivity contribution in [1.29, 1.82) is 0 Å². The summed E-state index contributed by atoms with van der Waals surface area (Å²) in [7, 11) is -3.45. The molecule has 0 aliphatic rings. The molecule has 0 aliphatic heterocycles. The van der Waals surface area contributed by atoms with E-state index in [4.69, 9.17) is 4.74 Å². The number of carbonyl (C=O) groups is 1. The molecule has 2 rings (SSSR count). The van der Waals surface area contributed by atoms with Gasteiger partial charge in [0, 0.05) is 13.0 Å². The van der Waals surface area contributed by atoms with Crippen LogP contribution in [0.5, 0.6) is 5.75 Å². The molecule has 6 nitrogen and oxygen atoms in total. The van der Waals surface area contributed by atoms with Gasteiger partial charge in [0.1, 0.15) is 12.4 Å². The summed E-state index contributed by atoms with van der Waals surface area (Å²) < 4.78 is 31.9. The molecule has 182 valence electrons. The standard InChI is InChI=1S/C26H38N2O4S/c1-20(2)23-10-7-8-11-24(23)28(33(6,30)31)18-9-12-25(29)27-17-19-32-22-15-13-21(14-16-22)26(3,4)5/h7-8,10-11,13-16,20H,9,12,17-19H2,1-6H3,(H,27,29). The van der Waals surface area contributed by atoms with Crippen LogP contribution in [0.15, 0.2) is 48.5 Å². The quantitative estimate of drug-likeness (QED) is 0.473. The summed E-state index contributed by atoms with van der Waals surface area (Å²) in [6, 6.07) is 15.5. The second kappa shape index (κ2) is 11.5. The molecule has 0 spiro atoms. The molecule has 0 unspecified atom stereocenters. The summed E-state index contributed by atoms with van der Waals surface area (Å²) in [5.41, 5.74) is 2.99. The van der Waals surface area contributed by atoms with Crippen LogP contribution in [0.2, 0.25) is 0 Å². The topological polar surface area (TPSA) is 75.7 Å². The second-order valence-electron chi connectivity index (χ2n) is 9.62. The predicted molar refractivity (Wildman–Crippen MR) is 136 cm³/mol. The van der Waals surface area contributed by atoms with Crippen LogP contribution in [0.3, 0.4) is 0 Å².